The lowest BCUT2D eigenvalue weighted by atomic mass is 9.93. The number of aromatic nitrogens is 3. The predicted octanol–water partition coefficient (Wildman–Crippen LogP) is 2.25. The Morgan fingerprint density at radius 1 is 0.882 bits per heavy atom. The molecule has 3 rings (SSSR count). The maximum atomic E-state index is 4.09. The molecule has 1 aromatic heterocycles. The van der Waals surface area contributed by atoms with Gasteiger partial charge in [0.15, 0.2) is 0 Å². The van der Waals surface area contributed by atoms with E-state index in [1.807, 2.05) is 10.9 Å². The molecule has 2 aliphatic rings. The van der Waals surface area contributed by atoms with Gasteiger partial charge in [0.25, 0.3) is 0 Å². The molecule has 0 aromatic carbocycles. The van der Waals surface area contributed by atoms with Crippen LogP contribution >= 0.6 is 0 Å². The van der Waals surface area contributed by atoms with Gasteiger partial charge in [0.1, 0.15) is 0 Å². The third-order valence-corrected chi connectivity index (χ3v) is 4.30. The fraction of sp³-hybridized carbons (Fsp3) is 0.846. The normalized spacial score (nSPS) is 25.2. The van der Waals surface area contributed by atoms with E-state index >= 15 is 0 Å². The summed E-state index contributed by atoms with van der Waals surface area (Å²) >= 11 is 0. The molecule has 0 spiro atoms. The van der Waals surface area contributed by atoms with Gasteiger partial charge in [-0.05, 0) is 12.8 Å². The number of hydrogen-bond donors (Lipinski definition) is 0. The Morgan fingerprint density at radius 3 is 2.24 bits per heavy atom. The molecule has 0 atom stereocenters. The molecule has 4 heteroatoms. The lowest BCUT2D eigenvalue weighted by molar-refractivity contribution is 0.0399. The molecule has 4 nitrogen and oxygen atoms in total. The lowest BCUT2D eigenvalue weighted by Gasteiger charge is -2.44. The van der Waals surface area contributed by atoms with Crippen LogP contribution in [0.1, 0.15) is 51.0 Å². The summed E-state index contributed by atoms with van der Waals surface area (Å²) in [6.45, 7) is 2.35. The van der Waals surface area contributed by atoms with Crippen molar-refractivity contribution in [3.63, 3.8) is 0 Å². The largest absolute Gasteiger partial charge is 0.296 e. The van der Waals surface area contributed by atoms with Crippen molar-refractivity contribution in [3.8, 4) is 0 Å². The monoisotopic (exact) mass is 234 g/mol. The van der Waals surface area contributed by atoms with Crippen LogP contribution in [0.25, 0.3) is 0 Å². The van der Waals surface area contributed by atoms with Gasteiger partial charge in [-0.25, -0.2) is 4.68 Å². The van der Waals surface area contributed by atoms with Crippen LogP contribution in [-0.2, 0) is 0 Å². The van der Waals surface area contributed by atoms with Crippen LogP contribution in [0.3, 0.4) is 0 Å². The number of likely N-dealkylation sites (tertiary alicyclic amines) is 1. The van der Waals surface area contributed by atoms with Gasteiger partial charge in [0, 0.05) is 25.3 Å². The third-order valence-electron chi connectivity index (χ3n) is 4.30. The summed E-state index contributed by atoms with van der Waals surface area (Å²) in [5.74, 6) is 0. The van der Waals surface area contributed by atoms with E-state index in [0.717, 1.165) is 6.04 Å². The maximum Gasteiger partial charge on any atom is 0.0790 e. The fourth-order valence-electron chi connectivity index (χ4n) is 3.17. The van der Waals surface area contributed by atoms with E-state index in [2.05, 4.69) is 15.2 Å². The first-order valence-electron chi connectivity index (χ1n) is 7.03. The smallest absolute Gasteiger partial charge is 0.0790 e. The van der Waals surface area contributed by atoms with Gasteiger partial charge in [-0.1, -0.05) is 37.3 Å². The van der Waals surface area contributed by atoms with Crippen molar-refractivity contribution in [2.75, 3.05) is 13.1 Å². The van der Waals surface area contributed by atoms with E-state index in [4.69, 9.17) is 0 Å². The van der Waals surface area contributed by atoms with Crippen LogP contribution in [0.15, 0.2) is 12.4 Å². The van der Waals surface area contributed by atoms with Gasteiger partial charge >= 0.3 is 0 Å². The minimum absolute atomic E-state index is 0.572. The van der Waals surface area contributed by atoms with E-state index in [1.165, 1.54) is 58.0 Å². The van der Waals surface area contributed by atoms with Gasteiger partial charge in [0.05, 0.1) is 12.2 Å². The van der Waals surface area contributed by atoms with Crippen molar-refractivity contribution in [2.45, 2.75) is 57.0 Å². The van der Waals surface area contributed by atoms with Crippen LogP contribution in [0.5, 0.6) is 0 Å². The summed E-state index contributed by atoms with van der Waals surface area (Å²) < 4.78 is 2.01. The summed E-state index contributed by atoms with van der Waals surface area (Å²) in [4.78, 5) is 2.65. The van der Waals surface area contributed by atoms with Gasteiger partial charge in [-0.2, -0.15) is 0 Å². The highest BCUT2D eigenvalue weighted by atomic mass is 15.5. The molecule has 1 aliphatic heterocycles. The third kappa shape index (κ3) is 2.51. The van der Waals surface area contributed by atoms with Crippen LogP contribution in [-0.4, -0.2) is 39.0 Å². The van der Waals surface area contributed by atoms with Crippen molar-refractivity contribution in [1.82, 2.24) is 19.9 Å². The van der Waals surface area contributed by atoms with Gasteiger partial charge in [-0.3, -0.25) is 4.90 Å². The van der Waals surface area contributed by atoms with Crippen LogP contribution in [0, 0.1) is 0 Å². The number of rotatable bonds is 2. The molecular weight excluding hydrogens is 212 g/mol. The molecule has 0 radical (unpaired) electrons. The van der Waals surface area contributed by atoms with Crippen LogP contribution in [0.4, 0.5) is 0 Å². The summed E-state index contributed by atoms with van der Waals surface area (Å²) in [5, 5.41) is 7.98. The summed E-state index contributed by atoms with van der Waals surface area (Å²) in [6.07, 6.45) is 13.8. The standard InChI is InChI=1S/C13H22N4/c1-2-4-6-12(7-5-3-1)16-10-13(11-16)17-9-8-14-15-17/h8-9,12-13H,1-7,10-11H2. The highest BCUT2D eigenvalue weighted by Gasteiger charge is 2.33. The van der Waals surface area contributed by atoms with Gasteiger partial charge in [0.2, 0.25) is 0 Å². The van der Waals surface area contributed by atoms with E-state index in [0.29, 0.717) is 6.04 Å². The van der Waals surface area contributed by atoms with Gasteiger partial charge < -0.3 is 0 Å². The van der Waals surface area contributed by atoms with E-state index in [-0.39, 0.29) is 0 Å². The molecule has 1 saturated heterocycles. The zero-order valence-corrected chi connectivity index (χ0v) is 10.5. The maximum absolute atomic E-state index is 4.09. The molecule has 2 heterocycles. The molecule has 0 unspecified atom stereocenters. The van der Waals surface area contributed by atoms with E-state index in [1.54, 1.807) is 6.20 Å². The highest BCUT2D eigenvalue weighted by molar-refractivity contribution is 4.90. The number of nitrogens with zero attached hydrogens (tertiary/aromatic N) is 4. The van der Waals surface area contributed by atoms with Crippen molar-refractivity contribution in [3.05, 3.63) is 12.4 Å². The lowest BCUT2D eigenvalue weighted by Crippen LogP contribution is -2.53. The molecule has 1 saturated carbocycles. The van der Waals surface area contributed by atoms with Crippen molar-refractivity contribution in [2.24, 2.45) is 0 Å². The second-order valence-electron chi connectivity index (χ2n) is 5.49. The Morgan fingerprint density at radius 2 is 1.59 bits per heavy atom. The fourth-order valence-corrected chi connectivity index (χ4v) is 3.17. The molecule has 0 bridgehead atoms. The first-order chi connectivity index (χ1) is 8.43. The first-order valence-corrected chi connectivity index (χ1v) is 7.03. The molecular formula is C13H22N4. The number of hydrogen-bond acceptors (Lipinski definition) is 3. The minimum Gasteiger partial charge on any atom is -0.296 e. The Bertz CT molecular complexity index is 321. The van der Waals surface area contributed by atoms with Crippen LogP contribution in [0.2, 0.25) is 0 Å². The molecule has 0 N–H and O–H groups in total. The predicted molar refractivity (Wildman–Crippen MR) is 66.7 cm³/mol. The van der Waals surface area contributed by atoms with Crippen molar-refractivity contribution in [1.29, 1.82) is 0 Å². The molecule has 0 amide bonds. The second kappa shape index (κ2) is 5.17. The zero-order chi connectivity index (χ0) is 11.5. The SMILES string of the molecule is c1cn(C2CN(C3CCCCCCC3)C2)nn1. The average molecular weight is 234 g/mol. The van der Waals surface area contributed by atoms with Crippen molar-refractivity contribution >= 4 is 0 Å². The molecule has 2 fully saturated rings. The molecule has 94 valence electrons. The summed E-state index contributed by atoms with van der Waals surface area (Å²) in [5.41, 5.74) is 0. The topological polar surface area (TPSA) is 34.0 Å². The van der Waals surface area contributed by atoms with E-state index in [9.17, 15) is 0 Å². The molecule has 1 aromatic rings. The Labute approximate surface area is 103 Å². The van der Waals surface area contributed by atoms with Gasteiger partial charge in [-0.15, -0.1) is 5.10 Å². The first kappa shape index (κ1) is 11.2. The summed E-state index contributed by atoms with van der Waals surface area (Å²) in [6, 6.07) is 1.41. The highest BCUT2D eigenvalue weighted by Crippen LogP contribution is 2.29. The average Bonchev–Trinajstić information content (AvgIpc) is 2.71. The van der Waals surface area contributed by atoms with E-state index < -0.39 is 0 Å². The Kier molecular flexibility index (Phi) is 3.41. The van der Waals surface area contributed by atoms with Crippen LogP contribution < -0.4 is 0 Å². The molecule has 17 heavy (non-hydrogen) atoms. The zero-order valence-electron chi connectivity index (χ0n) is 10.5. The summed E-state index contributed by atoms with van der Waals surface area (Å²) in [7, 11) is 0. The minimum atomic E-state index is 0.572. The second-order valence-corrected chi connectivity index (χ2v) is 5.49. The Hall–Kier alpha value is -0.900. The Balaban J connectivity index is 1.50. The van der Waals surface area contributed by atoms with Crippen molar-refractivity contribution < 1.29 is 0 Å². The quantitative estimate of drug-likeness (QED) is 0.787. The molecule has 1 aliphatic carbocycles.